The number of carbonyl (C=O) groups excluding carboxylic acids is 1. The van der Waals surface area contributed by atoms with E-state index < -0.39 is 0 Å². The zero-order valence-electron chi connectivity index (χ0n) is 11.3. The van der Waals surface area contributed by atoms with Gasteiger partial charge in [0.2, 0.25) is 5.91 Å². The zero-order valence-corrected chi connectivity index (χ0v) is 11.3. The highest BCUT2D eigenvalue weighted by molar-refractivity contribution is 5.82. The minimum atomic E-state index is -0.259. The van der Waals surface area contributed by atoms with Gasteiger partial charge in [0, 0.05) is 17.9 Å². The summed E-state index contributed by atoms with van der Waals surface area (Å²) in [6.45, 7) is 5.90. The molecule has 0 spiro atoms. The molecule has 2 aromatic heterocycles. The average molecular weight is 262 g/mol. The van der Waals surface area contributed by atoms with Crippen LogP contribution < -0.4 is 16.4 Å². The fraction of sp³-hybridized carbons (Fsp3) is 0.417. The average Bonchev–Trinajstić information content (AvgIpc) is 2.71. The van der Waals surface area contributed by atoms with Crippen LogP contribution in [0.15, 0.2) is 18.6 Å². The van der Waals surface area contributed by atoms with Crippen molar-refractivity contribution in [1.29, 1.82) is 0 Å². The third-order valence-corrected chi connectivity index (χ3v) is 2.32. The second-order valence-corrected chi connectivity index (χ2v) is 5.32. The van der Waals surface area contributed by atoms with E-state index in [1.807, 2.05) is 20.8 Å². The van der Waals surface area contributed by atoms with Crippen LogP contribution in [-0.4, -0.2) is 32.4 Å². The van der Waals surface area contributed by atoms with Crippen molar-refractivity contribution in [3.05, 3.63) is 18.6 Å². The summed E-state index contributed by atoms with van der Waals surface area (Å²) < 4.78 is 1.76. The van der Waals surface area contributed by atoms with Gasteiger partial charge in [-0.2, -0.15) is 0 Å². The molecule has 19 heavy (non-hydrogen) atoms. The molecule has 0 aromatic carbocycles. The van der Waals surface area contributed by atoms with Gasteiger partial charge in [-0.25, -0.2) is 9.97 Å². The molecule has 2 aromatic rings. The fourth-order valence-corrected chi connectivity index (χ4v) is 1.70. The Balaban J connectivity index is 2.09. The molecule has 0 unspecified atom stereocenters. The van der Waals surface area contributed by atoms with E-state index in [1.54, 1.807) is 23.0 Å². The van der Waals surface area contributed by atoms with E-state index in [0.717, 1.165) is 0 Å². The first kappa shape index (κ1) is 13.1. The molecule has 0 saturated carbocycles. The van der Waals surface area contributed by atoms with Crippen LogP contribution in [0.2, 0.25) is 0 Å². The van der Waals surface area contributed by atoms with Crippen LogP contribution in [0.1, 0.15) is 20.8 Å². The molecular formula is C12H18N6O. The molecule has 0 fully saturated rings. The summed E-state index contributed by atoms with van der Waals surface area (Å²) in [5.41, 5.74) is 6.07. The van der Waals surface area contributed by atoms with Crippen LogP contribution in [-0.2, 0) is 4.79 Å². The number of nitrogens with one attached hydrogen (secondary N) is 2. The SMILES string of the molecule is CC(C)(C)NC(=O)CNc1nc(N)cn2ccnc12. The van der Waals surface area contributed by atoms with Crippen LogP contribution in [0.5, 0.6) is 0 Å². The standard InChI is InChI=1S/C12H18N6O/c1-12(2,3)17-9(19)6-15-10-11-14-4-5-18(11)7-8(13)16-10/h4-5,7H,6,13H2,1-3H3,(H,15,16)(H,17,19). The lowest BCUT2D eigenvalue weighted by Crippen LogP contribution is -2.43. The first-order valence-corrected chi connectivity index (χ1v) is 5.99. The number of hydrogen-bond donors (Lipinski definition) is 3. The molecule has 2 rings (SSSR count). The van der Waals surface area contributed by atoms with Gasteiger partial charge in [0.05, 0.1) is 12.7 Å². The molecule has 0 saturated heterocycles. The number of amides is 1. The Morgan fingerprint density at radius 1 is 1.47 bits per heavy atom. The van der Waals surface area contributed by atoms with Crippen molar-refractivity contribution in [2.24, 2.45) is 0 Å². The van der Waals surface area contributed by atoms with Crippen LogP contribution in [0, 0.1) is 0 Å². The summed E-state index contributed by atoms with van der Waals surface area (Å²) >= 11 is 0. The normalized spacial score (nSPS) is 11.5. The molecule has 0 bridgehead atoms. The van der Waals surface area contributed by atoms with Crippen molar-refractivity contribution in [2.75, 3.05) is 17.6 Å². The third-order valence-electron chi connectivity index (χ3n) is 2.32. The number of fused-ring (bicyclic) bond motifs is 1. The van der Waals surface area contributed by atoms with E-state index in [2.05, 4.69) is 20.6 Å². The Morgan fingerprint density at radius 2 is 2.21 bits per heavy atom. The molecule has 0 aliphatic heterocycles. The van der Waals surface area contributed by atoms with Gasteiger partial charge in [0.25, 0.3) is 0 Å². The quantitative estimate of drug-likeness (QED) is 0.754. The first-order valence-electron chi connectivity index (χ1n) is 5.99. The largest absolute Gasteiger partial charge is 0.382 e. The van der Waals surface area contributed by atoms with E-state index in [1.165, 1.54) is 0 Å². The van der Waals surface area contributed by atoms with E-state index >= 15 is 0 Å². The summed E-state index contributed by atoms with van der Waals surface area (Å²) in [5, 5.41) is 5.81. The molecule has 7 heteroatoms. The van der Waals surface area contributed by atoms with Gasteiger partial charge in [0.15, 0.2) is 11.5 Å². The minimum Gasteiger partial charge on any atom is -0.382 e. The van der Waals surface area contributed by atoms with Gasteiger partial charge >= 0.3 is 0 Å². The van der Waals surface area contributed by atoms with Crippen LogP contribution in [0.3, 0.4) is 0 Å². The van der Waals surface area contributed by atoms with E-state index in [4.69, 9.17) is 5.73 Å². The Bertz CT molecular complexity index is 598. The Morgan fingerprint density at radius 3 is 2.89 bits per heavy atom. The molecule has 7 nitrogen and oxygen atoms in total. The Labute approximate surface area is 111 Å². The van der Waals surface area contributed by atoms with Gasteiger partial charge in [-0.1, -0.05) is 0 Å². The minimum absolute atomic E-state index is 0.110. The molecule has 0 aliphatic carbocycles. The maximum atomic E-state index is 11.7. The van der Waals surface area contributed by atoms with Crippen molar-refractivity contribution >= 4 is 23.2 Å². The summed E-state index contributed by atoms with van der Waals surface area (Å²) in [6, 6.07) is 0. The summed E-state index contributed by atoms with van der Waals surface area (Å²) in [7, 11) is 0. The number of nitrogens with zero attached hydrogens (tertiary/aromatic N) is 3. The monoisotopic (exact) mass is 262 g/mol. The molecule has 0 aliphatic rings. The highest BCUT2D eigenvalue weighted by atomic mass is 16.2. The Hall–Kier alpha value is -2.31. The van der Waals surface area contributed by atoms with Gasteiger partial charge in [-0.15, -0.1) is 0 Å². The lowest BCUT2D eigenvalue weighted by atomic mass is 10.1. The molecule has 0 atom stereocenters. The van der Waals surface area contributed by atoms with Crippen molar-refractivity contribution in [1.82, 2.24) is 19.7 Å². The van der Waals surface area contributed by atoms with Gasteiger partial charge in [0.1, 0.15) is 5.82 Å². The molecule has 1 amide bonds. The fourth-order valence-electron chi connectivity index (χ4n) is 1.70. The van der Waals surface area contributed by atoms with Crippen molar-refractivity contribution in [3.8, 4) is 0 Å². The van der Waals surface area contributed by atoms with Crippen LogP contribution in [0.4, 0.5) is 11.6 Å². The predicted molar refractivity (Wildman–Crippen MR) is 73.8 cm³/mol. The summed E-state index contributed by atoms with van der Waals surface area (Å²) in [6.07, 6.45) is 5.09. The first-order chi connectivity index (χ1) is 8.85. The van der Waals surface area contributed by atoms with E-state index in [0.29, 0.717) is 17.3 Å². The zero-order chi connectivity index (χ0) is 14.0. The van der Waals surface area contributed by atoms with Crippen LogP contribution in [0.25, 0.3) is 5.65 Å². The van der Waals surface area contributed by atoms with Crippen LogP contribution >= 0.6 is 0 Å². The number of carbonyl (C=O) groups is 1. The van der Waals surface area contributed by atoms with E-state index in [-0.39, 0.29) is 18.0 Å². The summed E-state index contributed by atoms with van der Waals surface area (Å²) in [4.78, 5) is 20.0. The lowest BCUT2D eigenvalue weighted by molar-refractivity contribution is -0.120. The molecule has 2 heterocycles. The van der Waals surface area contributed by atoms with Crippen molar-refractivity contribution in [2.45, 2.75) is 26.3 Å². The van der Waals surface area contributed by atoms with Gasteiger partial charge in [-0.05, 0) is 20.8 Å². The van der Waals surface area contributed by atoms with Crippen molar-refractivity contribution < 1.29 is 4.79 Å². The maximum Gasteiger partial charge on any atom is 0.239 e. The van der Waals surface area contributed by atoms with E-state index in [9.17, 15) is 4.79 Å². The highest BCUT2D eigenvalue weighted by Crippen LogP contribution is 2.14. The summed E-state index contributed by atoms with van der Waals surface area (Å²) in [5.74, 6) is 0.750. The number of nitrogens with two attached hydrogens (primary N) is 1. The number of aromatic nitrogens is 3. The van der Waals surface area contributed by atoms with Gasteiger partial charge < -0.3 is 20.8 Å². The lowest BCUT2D eigenvalue weighted by Gasteiger charge is -2.20. The number of imidazole rings is 1. The maximum absolute atomic E-state index is 11.7. The smallest absolute Gasteiger partial charge is 0.239 e. The topological polar surface area (TPSA) is 97.3 Å². The number of anilines is 2. The molecule has 102 valence electrons. The second-order valence-electron chi connectivity index (χ2n) is 5.32. The van der Waals surface area contributed by atoms with Crippen molar-refractivity contribution in [3.63, 3.8) is 0 Å². The molecule has 0 radical (unpaired) electrons. The number of rotatable bonds is 3. The molecule has 4 N–H and O–H groups in total. The highest BCUT2D eigenvalue weighted by Gasteiger charge is 2.14. The predicted octanol–water partition coefficient (Wildman–Crippen LogP) is 0.638. The number of hydrogen-bond acceptors (Lipinski definition) is 5. The van der Waals surface area contributed by atoms with Gasteiger partial charge in [-0.3, -0.25) is 4.79 Å². The molecular weight excluding hydrogens is 244 g/mol. The Kier molecular flexibility index (Phi) is 3.28. The third kappa shape index (κ3) is 3.34. The number of nitrogen functional groups attached to an aromatic ring is 1. The second kappa shape index (κ2) is 4.75.